The summed E-state index contributed by atoms with van der Waals surface area (Å²) in [6.07, 6.45) is 0. The molecule has 0 aliphatic heterocycles. The van der Waals surface area contributed by atoms with E-state index in [0.29, 0.717) is 10.7 Å². The summed E-state index contributed by atoms with van der Waals surface area (Å²) in [5.74, 6) is -0.554. The molecule has 15 heavy (non-hydrogen) atoms. The van der Waals surface area contributed by atoms with Crippen molar-refractivity contribution in [1.29, 1.82) is 0 Å². The Bertz CT molecular complexity index is 391. The molecule has 0 unspecified atom stereocenters. The lowest BCUT2D eigenvalue weighted by molar-refractivity contribution is -0.123. The van der Waals surface area contributed by atoms with Crippen molar-refractivity contribution in [3.05, 3.63) is 34.9 Å². The van der Waals surface area contributed by atoms with Crippen LogP contribution in [0.5, 0.6) is 0 Å². The maximum atomic E-state index is 10.7. The lowest BCUT2D eigenvalue weighted by Gasteiger charge is -2.03. The van der Waals surface area contributed by atoms with Crippen molar-refractivity contribution >= 4 is 23.2 Å². The Hall–Kier alpha value is -1.39. The van der Waals surface area contributed by atoms with Crippen LogP contribution in [0.25, 0.3) is 0 Å². The minimum absolute atomic E-state index is 0.554. The summed E-state index contributed by atoms with van der Waals surface area (Å²) in [6.45, 7) is 1.14. The molecule has 5 heteroatoms. The van der Waals surface area contributed by atoms with Crippen LogP contribution in [0.2, 0.25) is 5.02 Å². The quantitative estimate of drug-likeness (QED) is 0.601. The highest BCUT2D eigenvalue weighted by Gasteiger charge is 2.03. The van der Waals surface area contributed by atoms with E-state index in [1.807, 2.05) is 12.1 Å². The van der Waals surface area contributed by atoms with E-state index < -0.39 is 12.5 Å². The summed E-state index contributed by atoms with van der Waals surface area (Å²) in [5, 5.41) is 12.8. The first-order valence-electron chi connectivity index (χ1n) is 4.34. The second kappa shape index (κ2) is 5.48. The third-order valence-corrected chi connectivity index (χ3v) is 2.09. The smallest absolute Gasteiger partial charge is 0.265 e. The van der Waals surface area contributed by atoms with Crippen molar-refractivity contribution in [1.82, 2.24) is 5.43 Å². The second-order valence-electron chi connectivity index (χ2n) is 2.87. The molecule has 1 rings (SSSR count). The summed E-state index contributed by atoms with van der Waals surface area (Å²) in [6, 6.07) is 7.18. The van der Waals surface area contributed by atoms with Crippen molar-refractivity contribution in [2.24, 2.45) is 5.10 Å². The topological polar surface area (TPSA) is 61.7 Å². The summed E-state index contributed by atoms with van der Waals surface area (Å²) >= 11 is 5.93. The molecule has 1 amide bonds. The number of carbonyl (C=O) groups excluding carboxylic acids is 1. The molecular weight excluding hydrogens is 216 g/mol. The van der Waals surface area contributed by atoms with Crippen LogP contribution in [0.15, 0.2) is 29.4 Å². The number of benzene rings is 1. The Labute approximate surface area is 92.6 Å². The first kappa shape index (κ1) is 11.7. The maximum absolute atomic E-state index is 10.7. The number of nitrogens with one attached hydrogen (secondary N) is 1. The van der Waals surface area contributed by atoms with Gasteiger partial charge in [-0.15, -0.1) is 0 Å². The number of hydrazone groups is 1. The number of rotatable bonds is 3. The van der Waals surface area contributed by atoms with Crippen LogP contribution in [0.3, 0.4) is 0 Å². The number of halogens is 1. The van der Waals surface area contributed by atoms with Gasteiger partial charge in [0.15, 0.2) is 0 Å². The van der Waals surface area contributed by atoms with Gasteiger partial charge in [-0.3, -0.25) is 4.79 Å². The van der Waals surface area contributed by atoms with Crippen LogP contribution >= 0.6 is 11.6 Å². The number of aliphatic hydroxyl groups excluding tert-OH is 1. The summed E-state index contributed by atoms with van der Waals surface area (Å²) in [7, 11) is 0. The average Bonchev–Trinajstić information content (AvgIpc) is 2.26. The van der Waals surface area contributed by atoms with Crippen molar-refractivity contribution in [3.8, 4) is 0 Å². The fourth-order valence-corrected chi connectivity index (χ4v) is 1.27. The van der Waals surface area contributed by atoms with Crippen LogP contribution in [-0.2, 0) is 4.79 Å². The molecule has 0 atom stereocenters. The molecular formula is C10H11ClN2O2. The van der Waals surface area contributed by atoms with Crippen LogP contribution in [0.1, 0.15) is 12.5 Å². The summed E-state index contributed by atoms with van der Waals surface area (Å²) < 4.78 is 0. The molecule has 0 saturated carbocycles. The predicted molar refractivity (Wildman–Crippen MR) is 58.9 cm³/mol. The highest BCUT2D eigenvalue weighted by Crippen LogP contribution is 2.15. The van der Waals surface area contributed by atoms with E-state index in [-0.39, 0.29) is 0 Å². The molecule has 0 spiro atoms. The molecule has 0 saturated heterocycles. The Morgan fingerprint density at radius 3 is 2.80 bits per heavy atom. The van der Waals surface area contributed by atoms with Gasteiger partial charge in [0.2, 0.25) is 0 Å². The number of hydrogen-bond donors (Lipinski definition) is 2. The van der Waals surface area contributed by atoms with Gasteiger partial charge < -0.3 is 5.11 Å². The van der Waals surface area contributed by atoms with E-state index in [9.17, 15) is 4.79 Å². The minimum atomic E-state index is -0.584. The normalized spacial score (nSPS) is 11.3. The van der Waals surface area contributed by atoms with Gasteiger partial charge in [-0.05, 0) is 13.0 Å². The third kappa shape index (κ3) is 3.34. The second-order valence-corrected chi connectivity index (χ2v) is 3.28. The van der Waals surface area contributed by atoms with Gasteiger partial charge in [-0.2, -0.15) is 5.10 Å². The van der Waals surface area contributed by atoms with Crippen LogP contribution < -0.4 is 5.43 Å². The SMILES string of the molecule is C/C(=N\NC(=O)CO)c1ccccc1Cl. The minimum Gasteiger partial charge on any atom is -0.386 e. The molecule has 2 N–H and O–H groups in total. The van der Waals surface area contributed by atoms with E-state index in [2.05, 4.69) is 10.5 Å². The van der Waals surface area contributed by atoms with Crippen molar-refractivity contribution in [2.75, 3.05) is 6.61 Å². The molecule has 0 aliphatic carbocycles. The summed E-state index contributed by atoms with van der Waals surface area (Å²) in [4.78, 5) is 10.7. The molecule has 1 aromatic rings. The van der Waals surface area contributed by atoms with E-state index in [4.69, 9.17) is 16.7 Å². The van der Waals surface area contributed by atoms with Crippen LogP contribution in [0, 0.1) is 0 Å². The summed E-state index contributed by atoms with van der Waals surface area (Å²) in [5.41, 5.74) is 3.53. The molecule has 0 aromatic heterocycles. The van der Waals surface area contributed by atoms with Gasteiger partial charge in [-0.1, -0.05) is 29.8 Å². The predicted octanol–water partition coefficient (Wildman–Crippen LogP) is 1.17. The number of nitrogens with zero attached hydrogens (tertiary/aromatic N) is 1. The molecule has 0 bridgehead atoms. The largest absolute Gasteiger partial charge is 0.386 e. The molecule has 80 valence electrons. The number of amides is 1. The van der Waals surface area contributed by atoms with Gasteiger partial charge in [0, 0.05) is 10.6 Å². The van der Waals surface area contributed by atoms with Crippen LogP contribution in [0.4, 0.5) is 0 Å². The molecule has 0 radical (unpaired) electrons. The van der Waals surface area contributed by atoms with E-state index in [0.717, 1.165) is 5.56 Å². The lowest BCUT2D eigenvalue weighted by atomic mass is 10.1. The fourth-order valence-electron chi connectivity index (χ4n) is 0.996. The highest BCUT2D eigenvalue weighted by molar-refractivity contribution is 6.34. The molecule has 0 fully saturated rings. The Morgan fingerprint density at radius 2 is 2.20 bits per heavy atom. The number of carbonyl (C=O) groups is 1. The van der Waals surface area contributed by atoms with Gasteiger partial charge in [-0.25, -0.2) is 5.43 Å². The third-order valence-electron chi connectivity index (χ3n) is 1.76. The van der Waals surface area contributed by atoms with E-state index >= 15 is 0 Å². The van der Waals surface area contributed by atoms with Crippen LogP contribution in [-0.4, -0.2) is 23.3 Å². The Morgan fingerprint density at radius 1 is 1.53 bits per heavy atom. The molecule has 1 aromatic carbocycles. The van der Waals surface area contributed by atoms with Gasteiger partial charge >= 0.3 is 0 Å². The van der Waals surface area contributed by atoms with Gasteiger partial charge in [0.1, 0.15) is 6.61 Å². The number of aliphatic hydroxyl groups is 1. The van der Waals surface area contributed by atoms with Crippen molar-refractivity contribution in [3.63, 3.8) is 0 Å². The first-order valence-corrected chi connectivity index (χ1v) is 4.72. The highest BCUT2D eigenvalue weighted by atomic mass is 35.5. The Kier molecular flexibility index (Phi) is 4.27. The maximum Gasteiger partial charge on any atom is 0.265 e. The zero-order valence-electron chi connectivity index (χ0n) is 8.20. The van der Waals surface area contributed by atoms with E-state index in [1.54, 1.807) is 19.1 Å². The van der Waals surface area contributed by atoms with Crippen molar-refractivity contribution in [2.45, 2.75) is 6.92 Å². The van der Waals surface area contributed by atoms with Crippen molar-refractivity contribution < 1.29 is 9.90 Å². The monoisotopic (exact) mass is 226 g/mol. The zero-order valence-corrected chi connectivity index (χ0v) is 8.95. The molecule has 0 aliphatic rings. The molecule has 4 nitrogen and oxygen atoms in total. The lowest BCUT2D eigenvalue weighted by Crippen LogP contribution is -2.22. The zero-order chi connectivity index (χ0) is 11.3. The van der Waals surface area contributed by atoms with E-state index in [1.165, 1.54) is 0 Å². The average molecular weight is 227 g/mol. The molecule has 0 heterocycles. The standard InChI is InChI=1S/C10H11ClN2O2/c1-7(12-13-10(15)6-14)8-4-2-3-5-9(8)11/h2-5,14H,6H2,1H3,(H,13,15)/b12-7+. The number of hydrogen-bond acceptors (Lipinski definition) is 3. The fraction of sp³-hybridized carbons (Fsp3) is 0.200. The first-order chi connectivity index (χ1) is 7.15. The van der Waals surface area contributed by atoms with Gasteiger partial charge in [0.05, 0.1) is 5.71 Å². The Balaban J connectivity index is 2.80. The van der Waals surface area contributed by atoms with Gasteiger partial charge in [0.25, 0.3) is 5.91 Å².